The summed E-state index contributed by atoms with van der Waals surface area (Å²) >= 11 is 5.86. The Bertz CT molecular complexity index is 578. The van der Waals surface area contributed by atoms with Gasteiger partial charge >= 0.3 is 0 Å². The van der Waals surface area contributed by atoms with Gasteiger partial charge in [-0.25, -0.2) is 0 Å². The van der Waals surface area contributed by atoms with E-state index < -0.39 is 0 Å². The van der Waals surface area contributed by atoms with Crippen LogP contribution in [0.5, 0.6) is 11.5 Å². The molecule has 0 aliphatic rings. The highest BCUT2D eigenvalue weighted by Crippen LogP contribution is 2.22. The number of rotatable bonds is 5. The van der Waals surface area contributed by atoms with E-state index in [0.29, 0.717) is 29.5 Å². The molecule has 96 valence electrons. The lowest BCUT2D eigenvalue weighted by molar-refractivity contribution is 0.217. The number of nitrogens with zero attached hydrogens (tertiary/aromatic N) is 1. The van der Waals surface area contributed by atoms with E-state index in [1.54, 1.807) is 18.2 Å². The molecule has 0 amide bonds. The zero-order valence-corrected chi connectivity index (χ0v) is 10.9. The van der Waals surface area contributed by atoms with Gasteiger partial charge in [0.05, 0.1) is 5.56 Å². The summed E-state index contributed by atoms with van der Waals surface area (Å²) in [6, 6.07) is 16.5. The van der Waals surface area contributed by atoms with Crippen molar-refractivity contribution in [1.29, 1.82) is 5.26 Å². The Morgan fingerprint density at radius 1 is 1.00 bits per heavy atom. The molecule has 0 heterocycles. The van der Waals surface area contributed by atoms with Gasteiger partial charge in [-0.2, -0.15) is 5.26 Å². The molecule has 2 rings (SSSR count). The average Bonchev–Trinajstić information content (AvgIpc) is 2.45. The van der Waals surface area contributed by atoms with E-state index in [4.69, 9.17) is 26.3 Å². The average molecular weight is 274 g/mol. The molecule has 2 aromatic carbocycles. The number of hydrogen-bond acceptors (Lipinski definition) is 3. The van der Waals surface area contributed by atoms with Gasteiger partial charge in [-0.05, 0) is 24.3 Å². The minimum absolute atomic E-state index is 0.351. The molecule has 0 spiro atoms. The van der Waals surface area contributed by atoms with Gasteiger partial charge in [0.15, 0.2) is 0 Å². The molecule has 0 N–H and O–H groups in total. The van der Waals surface area contributed by atoms with Crippen LogP contribution in [0.3, 0.4) is 0 Å². The molecule has 0 fully saturated rings. The first kappa shape index (κ1) is 13.3. The Hall–Kier alpha value is -2.18. The molecule has 4 heteroatoms. The summed E-state index contributed by atoms with van der Waals surface area (Å²) in [5.41, 5.74) is 0.462. The second-order valence-corrected chi connectivity index (χ2v) is 4.20. The van der Waals surface area contributed by atoms with Crippen LogP contribution < -0.4 is 9.47 Å². The molecule has 0 aliphatic heterocycles. The summed E-state index contributed by atoms with van der Waals surface area (Å²) in [5, 5.41) is 9.48. The van der Waals surface area contributed by atoms with E-state index in [9.17, 15) is 0 Å². The fourth-order valence-electron chi connectivity index (χ4n) is 1.54. The molecular formula is C15H12ClNO2. The van der Waals surface area contributed by atoms with Crippen molar-refractivity contribution in [3.63, 3.8) is 0 Å². The fraction of sp³-hybridized carbons (Fsp3) is 0.133. The second kappa shape index (κ2) is 6.67. The van der Waals surface area contributed by atoms with E-state index in [-0.39, 0.29) is 0 Å². The first-order valence-corrected chi connectivity index (χ1v) is 6.17. The predicted molar refractivity (Wildman–Crippen MR) is 73.6 cm³/mol. The summed E-state index contributed by atoms with van der Waals surface area (Å²) in [6.07, 6.45) is 0. The number of benzene rings is 2. The van der Waals surface area contributed by atoms with Crippen LogP contribution in [0.2, 0.25) is 5.02 Å². The van der Waals surface area contributed by atoms with Crippen LogP contribution >= 0.6 is 11.6 Å². The van der Waals surface area contributed by atoms with Crippen LogP contribution in [0.4, 0.5) is 0 Å². The van der Waals surface area contributed by atoms with Crippen molar-refractivity contribution in [2.75, 3.05) is 13.2 Å². The third-order valence-corrected chi connectivity index (χ3v) is 2.65. The first-order chi connectivity index (χ1) is 9.29. The zero-order valence-electron chi connectivity index (χ0n) is 10.2. The van der Waals surface area contributed by atoms with Crippen LogP contribution in [0, 0.1) is 11.3 Å². The van der Waals surface area contributed by atoms with Crippen molar-refractivity contribution in [3.05, 3.63) is 59.1 Å². The number of ether oxygens (including phenoxy) is 2. The minimum Gasteiger partial charge on any atom is -0.490 e. The second-order valence-electron chi connectivity index (χ2n) is 3.76. The maximum atomic E-state index is 8.94. The molecule has 0 saturated heterocycles. The van der Waals surface area contributed by atoms with Gasteiger partial charge in [0, 0.05) is 11.1 Å². The molecule has 0 aromatic heterocycles. The molecule has 19 heavy (non-hydrogen) atoms. The molecular weight excluding hydrogens is 262 g/mol. The largest absolute Gasteiger partial charge is 0.490 e. The first-order valence-electron chi connectivity index (χ1n) is 5.80. The van der Waals surface area contributed by atoms with E-state index in [0.717, 1.165) is 5.75 Å². The number of halogens is 1. The van der Waals surface area contributed by atoms with Gasteiger partial charge < -0.3 is 9.47 Å². The van der Waals surface area contributed by atoms with Crippen LogP contribution in [0.1, 0.15) is 5.56 Å². The highest BCUT2D eigenvalue weighted by Gasteiger charge is 2.04. The highest BCUT2D eigenvalue weighted by atomic mass is 35.5. The summed E-state index contributed by atoms with van der Waals surface area (Å²) in [7, 11) is 0. The quantitative estimate of drug-likeness (QED) is 0.781. The van der Waals surface area contributed by atoms with Crippen LogP contribution in [0.25, 0.3) is 0 Å². The van der Waals surface area contributed by atoms with Gasteiger partial charge in [0.1, 0.15) is 30.8 Å². The van der Waals surface area contributed by atoms with Gasteiger partial charge in [-0.15, -0.1) is 0 Å². The van der Waals surface area contributed by atoms with Crippen molar-refractivity contribution in [2.24, 2.45) is 0 Å². The van der Waals surface area contributed by atoms with Crippen molar-refractivity contribution >= 4 is 11.6 Å². The third-order valence-electron chi connectivity index (χ3n) is 2.42. The van der Waals surface area contributed by atoms with Crippen molar-refractivity contribution < 1.29 is 9.47 Å². The molecule has 2 aromatic rings. The monoisotopic (exact) mass is 273 g/mol. The lowest BCUT2D eigenvalue weighted by atomic mass is 10.2. The summed E-state index contributed by atoms with van der Waals surface area (Å²) < 4.78 is 11.0. The van der Waals surface area contributed by atoms with E-state index in [2.05, 4.69) is 6.07 Å². The highest BCUT2D eigenvalue weighted by molar-refractivity contribution is 6.30. The maximum Gasteiger partial charge on any atom is 0.138 e. The molecule has 0 saturated carbocycles. The van der Waals surface area contributed by atoms with Crippen molar-refractivity contribution in [2.45, 2.75) is 0 Å². The fourth-order valence-corrected chi connectivity index (χ4v) is 1.70. The summed E-state index contributed by atoms with van der Waals surface area (Å²) in [4.78, 5) is 0. The molecule has 3 nitrogen and oxygen atoms in total. The minimum atomic E-state index is 0.351. The van der Waals surface area contributed by atoms with Gasteiger partial charge in [0.2, 0.25) is 0 Å². The Morgan fingerprint density at radius 3 is 2.47 bits per heavy atom. The SMILES string of the molecule is N#Cc1ccc(Cl)cc1OCCOc1ccccc1. The number of nitriles is 1. The normalized spacial score (nSPS) is 9.68. The lowest BCUT2D eigenvalue weighted by Gasteiger charge is -2.09. The van der Waals surface area contributed by atoms with E-state index in [1.165, 1.54) is 0 Å². The maximum absolute atomic E-state index is 8.94. The molecule has 0 bridgehead atoms. The van der Waals surface area contributed by atoms with E-state index in [1.807, 2.05) is 30.3 Å². The van der Waals surface area contributed by atoms with Crippen LogP contribution in [-0.2, 0) is 0 Å². The molecule has 0 atom stereocenters. The predicted octanol–water partition coefficient (Wildman–Crippen LogP) is 3.67. The Balaban J connectivity index is 1.86. The molecule has 0 unspecified atom stereocenters. The zero-order chi connectivity index (χ0) is 13.5. The number of para-hydroxylation sites is 1. The Kier molecular flexibility index (Phi) is 4.66. The summed E-state index contributed by atoms with van der Waals surface area (Å²) in [6.45, 7) is 0.755. The Morgan fingerprint density at radius 2 is 1.74 bits per heavy atom. The molecule has 0 aliphatic carbocycles. The lowest BCUT2D eigenvalue weighted by Crippen LogP contribution is -2.09. The van der Waals surface area contributed by atoms with Crippen molar-refractivity contribution in [1.82, 2.24) is 0 Å². The van der Waals surface area contributed by atoms with Gasteiger partial charge in [-0.3, -0.25) is 0 Å². The van der Waals surface area contributed by atoms with Crippen LogP contribution in [0.15, 0.2) is 48.5 Å². The van der Waals surface area contributed by atoms with Crippen LogP contribution in [-0.4, -0.2) is 13.2 Å². The van der Waals surface area contributed by atoms with Gasteiger partial charge in [0.25, 0.3) is 0 Å². The summed E-state index contributed by atoms with van der Waals surface area (Å²) in [5.74, 6) is 1.27. The Labute approximate surface area is 117 Å². The topological polar surface area (TPSA) is 42.2 Å². The standard InChI is InChI=1S/C15H12ClNO2/c16-13-7-6-12(11-17)15(10-13)19-9-8-18-14-4-2-1-3-5-14/h1-7,10H,8-9H2. The number of hydrogen-bond donors (Lipinski definition) is 0. The van der Waals surface area contributed by atoms with Gasteiger partial charge in [-0.1, -0.05) is 29.8 Å². The third kappa shape index (κ3) is 3.90. The van der Waals surface area contributed by atoms with E-state index >= 15 is 0 Å². The van der Waals surface area contributed by atoms with Crippen molar-refractivity contribution in [3.8, 4) is 17.6 Å². The smallest absolute Gasteiger partial charge is 0.138 e. The molecule has 0 radical (unpaired) electrons.